The zero-order valence-corrected chi connectivity index (χ0v) is 25.7. The minimum Gasteiger partial charge on any atom is -0.494 e. The van der Waals surface area contributed by atoms with Gasteiger partial charge in [-0.3, -0.25) is 4.79 Å². The van der Waals surface area contributed by atoms with Gasteiger partial charge in [0.25, 0.3) is 5.56 Å². The van der Waals surface area contributed by atoms with Crippen molar-refractivity contribution >= 4 is 39.0 Å². The van der Waals surface area contributed by atoms with E-state index in [1.165, 1.54) is 4.68 Å². The number of carbonyl (C=O) groups excluding carboxylic acids is 1. The molecule has 4 rings (SSSR count). The first-order chi connectivity index (χ1) is 19.6. The Morgan fingerprint density at radius 1 is 1.05 bits per heavy atom. The molecule has 1 heterocycles. The van der Waals surface area contributed by atoms with Gasteiger partial charge >= 0.3 is 5.97 Å². The molecule has 0 aliphatic carbocycles. The van der Waals surface area contributed by atoms with Crippen LogP contribution in [0.3, 0.4) is 0 Å². The Bertz CT molecular complexity index is 1660. The molecule has 0 amide bonds. The molecular weight excluding hydrogens is 586 g/mol. The number of esters is 1. The van der Waals surface area contributed by atoms with Gasteiger partial charge in [0.2, 0.25) is 0 Å². The van der Waals surface area contributed by atoms with E-state index in [1.807, 2.05) is 44.2 Å². The molecule has 0 aliphatic rings. The minimum absolute atomic E-state index is 0.199. The Kier molecular flexibility index (Phi) is 9.60. The van der Waals surface area contributed by atoms with E-state index in [1.54, 1.807) is 44.3 Å². The molecule has 8 nitrogen and oxygen atoms in total. The van der Waals surface area contributed by atoms with Gasteiger partial charge < -0.3 is 14.2 Å². The van der Waals surface area contributed by atoms with Gasteiger partial charge in [0.1, 0.15) is 11.5 Å². The number of nitrogens with zero attached hydrogens (tertiary/aromatic N) is 3. The van der Waals surface area contributed by atoms with Crippen molar-refractivity contribution in [2.24, 2.45) is 5.10 Å². The molecule has 1 aromatic heterocycles. The van der Waals surface area contributed by atoms with Crippen LogP contribution in [0.25, 0.3) is 22.3 Å². The molecule has 0 atom stereocenters. The Balaban J connectivity index is 1.76. The van der Waals surface area contributed by atoms with E-state index in [0.29, 0.717) is 39.1 Å². The molecule has 9 heteroatoms. The molecule has 0 unspecified atom stereocenters. The van der Waals surface area contributed by atoms with Crippen molar-refractivity contribution in [1.82, 2.24) is 9.66 Å². The topological polar surface area (TPSA) is 92.0 Å². The van der Waals surface area contributed by atoms with Crippen LogP contribution in [-0.4, -0.2) is 41.2 Å². The average Bonchev–Trinajstić information content (AvgIpc) is 2.92. The number of carbonyl (C=O) groups is 1. The molecule has 0 bridgehead atoms. The molecule has 214 valence electrons. The monoisotopic (exact) mass is 619 g/mol. The first kappa shape index (κ1) is 30.0. The second kappa shape index (κ2) is 13.1. The summed E-state index contributed by atoms with van der Waals surface area (Å²) in [6.45, 7) is 12.1. The Hall–Kier alpha value is -3.98. The molecule has 0 saturated heterocycles. The van der Waals surface area contributed by atoms with Gasteiger partial charge in [-0.05, 0) is 109 Å². The summed E-state index contributed by atoms with van der Waals surface area (Å²) in [5.74, 6) is 1.50. The Morgan fingerprint density at radius 3 is 2.49 bits per heavy atom. The van der Waals surface area contributed by atoms with Crippen LogP contribution in [0.4, 0.5) is 0 Å². The summed E-state index contributed by atoms with van der Waals surface area (Å²) in [6.07, 6.45) is 1.38. The quantitative estimate of drug-likeness (QED) is 0.142. The first-order valence-electron chi connectivity index (χ1n) is 13.5. The van der Waals surface area contributed by atoms with E-state index < -0.39 is 5.97 Å². The summed E-state index contributed by atoms with van der Waals surface area (Å²) in [4.78, 5) is 30.4. The number of para-hydroxylation sites is 1. The second-order valence-corrected chi connectivity index (χ2v) is 11.0. The predicted molar refractivity (Wildman–Crippen MR) is 165 cm³/mol. The van der Waals surface area contributed by atoms with Crippen LogP contribution in [0.1, 0.15) is 57.2 Å². The molecular formula is C32H34BrN3O5. The van der Waals surface area contributed by atoms with Gasteiger partial charge in [-0.2, -0.15) is 9.78 Å². The van der Waals surface area contributed by atoms with Crippen molar-refractivity contribution in [2.45, 2.75) is 53.6 Å². The number of ether oxygens (including phenoxy) is 3. The van der Waals surface area contributed by atoms with E-state index >= 15 is 0 Å². The number of hydrogen-bond acceptors (Lipinski definition) is 7. The Labute approximate surface area is 248 Å². The van der Waals surface area contributed by atoms with Crippen molar-refractivity contribution in [3.8, 4) is 22.9 Å². The third-order valence-corrected chi connectivity index (χ3v) is 6.88. The zero-order valence-electron chi connectivity index (χ0n) is 24.1. The second-order valence-electron chi connectivity index (χ2n) is 10.1. The standard InChI is InChI=1S/C32H34BrN3O5/c1-7-39-29-14-21(6)25(16-24(29)19(2)3)31-35-27-11-9-8-10-23(27)32(38)36(31)34-17-22-12-13-28(26(33)15-22)40-18-30(37)41-20(4)5/h8-17,19-20H,7,18H2,1-6H3. The van der Waals surface area contributed by atoms with Crippen LogP contribution in [0.2, 0.25) is 0 Å². The number of benzene rings is 3. The summed E-state index contributed by atoms with van der Waals surface area (Å²) in [5.41, 5.74) is 3.79. The third-order valence-electron chi connectivity index (χ3n) is 6.26. The zero-order chi connectivity index (χ0) is 29.7. The highest BCUT2D eigenvalue weighted by Crippen LogP contribution is 2.34. The van der Waals surface area contributed by atoms with Crippen molar-refractivity contribution in [1.29, 1.82) is 0 Å². The maximum atomic E-state index is 13.7. The lowest BCUT2D eigenvalue weighted by atomic mass is 9.96. The fourth-order valence-corrected chi connectivity index (χ4v) is 4.86. The lowest BCUT2D eigenvalue weighted by Gasteiger charge is -2.18. The summed E-state index contributed by atoms with van der Waals surface area (Å²) in [7, 11) is 0. The van der Waals surface area contributed by atoms with Gasteiger partial charge in [-0.1, -0.05) is 26.0 Å². The smallest absolute Gasteiger partial charge is 0.344 e. The van der Waals surface area contributed by atoms with Gasteiger partial charge in [0, 0.05) is 5.56 Å². The summed E-state index contributed by atoms with van der Waals surface area (Å²) < 4.78 is 18.6. The number of aryl methyl sites for hydroxylation is 1. The van der Waals surface area contributed by atoms with Gasteiger partial charge in [0.05, 0.1) is 34.3 Å². The van der Waals surface area contributed by atoms with Crippen LogP contribution >= 0.6 is 15.9 Å². The molecule has 0 fully saturated rings. The molecule has 0 N–H and O–H groups in total. The van der Waals surface area contributed by atoms with Crippen LogP contribution in [-0.2, 0) is 9.53 Å². The van der Waals surface area contributed by atoms with Crippen LogP contribution < -0.4 is 15.0 Å². The SMILES string of the molecule is CCOc1cc(C)c(-c2nc3ccccc3c(=O)n2N=Cc2ccc(OCC(=O)OC(C)C)c(Br)c2)cc1C(C)C. The summed E-state index contributed by atoms with van der Waals surface area (Å²) >= 11 is 3.49. The van der Waals surface area contributed by atoms with E-state index in [-0.39, 0.29) is 24.2 Å². The number of hydrogen-bond donors (Lipinski definition) is 0. The minimum atomic E-state index is -0.446. The molecule has 0 aliphatic heterocycles. The third kappa shape index (κ3) is 7.03. The lowest BCUT2D eigenvalue weighted by molar-refractivity contribution is -0.149. The molecule has 0 spiro atoms. The van der Waals surface area contributed by atoms with Crippen LogP contribution in [0.5, 0.6) is 11.5 Å². The number of halogens is 1. The molecule has 0 radical (unpaired) electrons. The maximum absolute atomic E-state index is 13.7. The van der Waals surface area contributed by atoms with Gasteiger partial charge in [-0.15, -0.1) is 0 Å². The molecule has 4 aromatic rings. The van der Waals surface area contributed by atoms with E-state index in [2.05, 4.69) is 34.9 Å². The maximum Gasteiger partial charge on any atom is 0.344 e. The Morgan fingerprint density at radius 2 is 1.80 bits per heavy atom. The fraction of sp³-hybridized carbons (Fsp3) is 0.312. The normalized spacial score (nSPS) is 11.5. The highest BCUT2D eigenvalue weighted by atomic mass is 79.9. The van der Waals surface area contributed by atoms with Gasteiger partial charge in [-0.25, -0.2) is 9.78 Å². The molecule has 0 saturated carbocycles. The van der Waals surface area contributed by atoms with E-state index in [4.69, 9.17) is 19.2 Å². The molecule has 41 heavy (non-hydrogen) atoms. The highest BCUT2D eigenvalue weighted by Gasteiger charge is 2.18. The van der Waals surface area contributed by atoms with Crippen molar-refractivity contribution in [2.75, 3.05) is 13.2 Å². The number of rotatable bonds is 10. The molecule has 3 aromatic carbocycles. The van der Waals surface area contributed by atoms with E-state index in [0.717, 1.165) is 22.4 Å². The fourth-order valence-electron chi connectivity index (χ4n) is 4.35. The number of aromatic nitrogens is 2. The predicted octanol–water partition coefficient (Wildman–Crippen LogP) is 6.87. The average molecular weight is 621 g/mol. The van der Waals surface area contributed by atoms with Crippen molar-refractivity contribution in [3.63, 3.8) is 0 Å². The lowest BCUT2D eigenvalue weighted by Crippen LogP contribution is -2.21. The largest absolute Gasteiger partial charge is 0.494 e. The van der Waals surface area contributed by atoms with Gasteiger partial charge in [0.15, 0.2) is 12.4 Å². The van der Waals surface area contributed by atoms with Crippen LogP contribution in [0, 0.1) is 6.92 Å². The summed E-state index contributed by atoms with van der Waals surface area (Å²) in [6, 6.07) is 16.6. The van der Waals surface area contributed by atoms with Crippen molar-refractivity contribution in [3.05, 3.63) is 86.1 Å². The summed E-state index contributed by atoms with van der Waals surface area (Å²) in [5, 5.41) is 5.08. The highest BCUT2D eigenvalue weighted by molar-refractivity contribution is 9.10. The van der Waals surface area contributed by atoms with E-state index in [9.17, 15) is 9.59 Å². The van der Waals surface area contributed by atoms with Crippen molar-refractivity contribution < 1.29 is 19.0 Å². The first-order valence-corrected chi connectivity index (χ1v) is 14.3. The van der Waals surface area contributed by atoms with Crippen LogP contribution in [0.15, 0.2) is 69.0 Å². The number of fused-ring (bicyclic) bond motifs is 1.